The fraction of sp³-hybridized carbons (Fsp3) is 0. The van der Waals surface area contributed by atoms with Gasteiger partial charge in [0, 0.05) is 0 Å². The molecule has 2 aromatic rings. The lowest BCUT2D eigenvalue weighted by atomic mass is 10.3. The second kappa shape index (κ2) is 2.20. The van der Waals surface area contributed by atoms with Crippen molar-refractivity contribution in [1.29, 1.82) is 5.26 Å². The van der Waals surface area contributed by atoms with Gasteiger partial charge in [-0.3, -0.25) is 4.98 Å². The van der Waals surface area contributed by atoms with Gasteiger partial charge in [0.15, 0.2) is 0 Å². The van der Waals surface area contributed by atoms with E-state index in [0.717, 1.165) is 0 Å². The van der Waals surface area contributed by atoms with Gasteiger partial charge in [-0.2, -0.15) is 5.26 Å². The molecule has 0 saturated carbocycles. The van der Waals surface area contributed by atoms with Crippen LogP contribution in [0.5, 0.6) is 0 Å². The highest BCUT2D eigenvalue weighted by Crippen LogP contribution is 2.06. The summed E-state index contributed by atoms with van der Waals surface area (Å²) in [6.45, 7) is 0. The van der Waals surface area contributed by atoms with Crippen LogP contribution in [-0.2, 0) is 0 Å². The van der Waals surface area contributed by atoms with Crippen molar-refractivity contribution in [2.75, 3.05) is 0 Å². The molecule has 2 heterocycles. The van der Waals surface area contributed by atoms with E-state index < -0.39 is 5.76 Å². The van der Waals surface area contributed by atoms with Crippen LogP contribution in [0.3, 0.4) is 0 Å². The summed E-state index contributed by atoms with van der Waals surface area (Å²) in [4.78, 5) is 16.8. The summed E-state index contributed by atoms with van der Waals surface area (Å²) in [6.07, 6.45) is 0. The van der Waals surface area contributed by atoms with Crippen LogP contribution < -0.4 is 5.76 Å². The molecular formula is C7H3N3O2. The van der Waals surface area contributed by atoms with Crippen molar-refractivity contribution in [3.8, 4) is 6.07 Å². The molecule has 0 saturated heterocycles. The molecule has 5 heteroatoms. The zero-order valence-corrected chi connectivity index (χ0v) is 5.87. The summed E-state index contributed by atoms with van der Waals surface area (Å²) in [6, 6.07) is 4.92. The summed E-state index contributed by atoms with van der Waals surface area (Å²) < 4.78 is 4.64. The van der Waals surface area contributed by atoms with Gasteiger partial charge in [0.2, 0.25) is 5.71 Å². The zero-order chi connectivity index (χ0) is 8.55. The average Bonchev–Trinajstić information content (AvgIpc) is 2.43. The summed E-state index contributed by atoms with van der Waals surface area (Å²) in [5.74, 6) is -0.562. The Morgan fingerprint density at radius 2 is 2.42 bits per heavy atom. The molecular weight excluding hydrogens is 158 g/mol. The second-order valence-corrected chi connectivity index (χ2v) is 2.18. The van der Waals surface area contributed by atoms with Crippen molar-refractivity contribution < 1.29 is 4.42 Å². The number of hydrogen-bond donors (Lipinski definition) is 1. The number of H-pyrrole nitrogens is 1. The second-order valence-electron chi connectivity index (χ2n) is 2.18. The molecule has 5 nitrogen and oxygen atoms in total. The molecule has 0 aliphatic rings. The third-order valence-corrected chi connectivity index (χ3v) is 1.40. The van der Waals surface area contributed by atoms with Crippen molar-refractivity contribution in [1.82, 2.24) is 9.97 Å². The fourth-order valence-corrected chi connectivity index (χ4v) is 0.899. The summed E-state index contributed by atoms with van der Waals surface area (Å²) in [5, 5.41) is 8.46. The molecule has 0 spiro atoms. The van der Waals surface area contributed by atoms with Gasteiger partial charge in [0.05, 0.1) is 0 Å². The molecule has 58 valence electrons. The SMILES string of the molecule is N#Cc1ccc2[nH]c(=O)oc2n1. The number of oxazole rings is 1. The predicted molar refractivity (Wildman–Crippen MR) is 39.3 cm³/mol. The fourth-order valence-electron chi connectivity index (χ4n) is 0.899. The van der Waals surface area contributed by atoms with Gasteiger partial charge in [0.1, 0.15) is 17.3 Å². The lowest BCUT2D eigenvalue weighted by molar-refractivity contribution is 0.545. The Morgan fingerprint density at radius 1 is 1.58 bits per heavy atom. The molecule has 1 N–H and O–H groups in total. The zero-order valence-electron chi connectivity index (χ0n) is 5.87. The van der Waals surface area contributed by atoms with E-state index in [9.17, 15) is 4.79 Å². The van der Waals surface area contributed by atoms with Gasteiger partial charge in [-0.25, -0.2) is 9.78 Å². The first-order valence-electron chi connectivity index (χ1n) is 3.19. The normalized spacial score (nSPS) is 9.92. The van der Waals surface area contributed by atoms with Gasteiger partial charge in [-0.05, 0) is 12.1 Å². The number of aromatic amines is 1. The van der Waals surface area contributed by atoms with Crippen LogP contribution in [0.25, 0.3) is 11.2 Å². The Bertz CT molecular complexity index is 517. The highest BCUT2D eigenvalue weighted by molar-refractivity contribution is 5.67. The first-order chi connectivity index (χ1) is 5.79. The molecule has 0 bridgehead atoms. The largest absolute Gasteiger partial charge is 0.418 e. The number of pyridine rings is 1. The molecule has 0 radical (unpaired) electrons. The number of nitrogens with one attached hydrogen (secondary N) is 1. The molecule has 0 aromatic carbocycles. The molecule has 0 fully saturated rings. The first-order valence-corrected chi connectivity index (χ1v) is 3.19. The third kappa shape index (κ3) is 0.864. The van der Waals surface area contributed by atoms with E-state index in [0.29, 0.717) is 5.52 Å². The minimum absolute atomic E-state index is 0.166. The van der Waals surface area contributed by atoms with E-state index in [2.05, 4.69) is 14.4 Å². The Kier molecular flexibility index (Phi) is 1.21. The molecule has 0 aliphatic heterocycles. The molecule has 0 amide bonds. The van der Waals surface area contributed by atoms with Crippen LogP contribution in [-0.4, -0.2) is 9.97 Å². The maximum atomic E-state index is 10.6. The molecule has 0 unspecified atom stereocenters. The minimum atomic E-state index is -0.562. The smallest absolute Gasteiger partial charge is 0.389 e. The van der Waals surface area contributed by atoms with Gasteiger partial charge < -0.3 is 4.42 Å². The van der Waals surface area contributed by atoms with Crippen LogP contribution in [0.15, 0.2) is 21.3 Å². The number of fused-ring (bicyclic) bond motifs is 1. The van der Waals surface area contributed by atoms with Crippen molar-refractivity contribution in [2.45, 2.75) is 0 Å². The number of nitrogens with zero attached hydrogens (tertiary/aromatic N) is 2. The number of aromatic nitrogens is 2. The summed E-state index contributed by atoms with van der Waals surface area (Å²) >= 11 is 0. The Hall–Kier alpha value is -2.09. The lowest BCUT2D eigenvalue weighted by Gasteiger charge is -1.85. The highest BCUT2D eigenvalue weighted by atomic mass is 16.4. The minimum Gasteiger partial charge on any atom is -0.389 e. The van der Waals surface area contributed by atoms with Crippen LogP contribution in [0.1, 0.15) is 5.69 Å². The van der Waals surface area contributed by atoms with Crippen molar-refractivity contribution in [2.24, 2.45) is 0 Å². The monoisotopic (exact) mass is 161 g/mol. The van der Waals surface area contributed by atoms with Crippen molar-refractivity contribution >= 4 is 11.2 Å². The van der Waals surface area contributed by atoms with E-state index in [4.69, 9.17) is 5.26 Å². The maximum Gasteiger partial charge on any atom is 0.418 e. The van der Waals surface area contributed by atoms with Crippen molar-refractivity contribution in [3.05, 3.63) is 28.4 Å². The topological polar surface area (TPSA) is 82.7 Å². The summed E-state index contributed by atoms with van der Waals surface area (Å²) in [7, 11) is 0. The quantitative estimate of drug-likeness (QED) is 0.605. The number of hydrogen-bond acceptors (Lipinski definition) is 4. The van der Waals surface area contributed by atoms with E-state index in [1.165, 1.54) is 6.07 Å². The molecule has 0 aliphatic carbocycles. The van der Waals surface area contributed by atoms with Gasteiger partial charge in [-0.1, -0.05) is 0 Å². The number of nitriles is 1. The molecule has 2 aromatic heterocycles. The van der Waals surface area contributed by atoms with E-state index in [1.807, 2.05) is 6.07 Å². The van der Waals surface area contributed by atoms with Crippen LogP contribution >= 0.6 is 0 Å². The van der Waals surface area contributed by atoms with Crippen molar-refractivity contribution in [3.63, 3.8) is 0 Å². The van der Waals surface area contributed by atoms with Crippen LogP contribution in [0, 0.1) is 11.3 Å². The first kappa shape index (κ1) is 6.61. The molecule has 0 atom stereocenters. The van der Waals surface area contributed by atoms with Gasteiger partial charge in [0.25, 0.3) is 0 Å². The molecule has 2 rings (SSSR count). The average molecular weight is 161 g/mol. The summed E-state index contributed by atoms with van der Waals surface area (Å²) in [5.41, 5.74) is 0.892. The van der Waals surface area contributed by atoms with E-state index >= 15 is 0 Å². The van der Waals surface area contributed by atoms with E-state index in [-0.39, 0.29) is 11.4 Å². The third-order valence-electron chi connectivity index (χ3n) is 1.40. The van der Waals surface area contributed by atoms with Crippen LogP contribution in [0.2, 0.25) is 0 Å². The van der Waals surface area contributed by atoms with Gasteiger partial charge >= 0.3 is 5.76 Å². The van der Waals surface area contributed by atoms with E-state index in [1.54, 1.807) is 6.07 Å². The highest BCUT2D eigenvalue weighted by Gasteiger charge is 2.01. The Balaban J connectivity index is 2.85. The maximum absolute atomic E-state index is 10.6. The number of rotatable bonds is 0. The Labute approximate surface area is 66.3 Å². The standard InChI is InChI=1S/C7H3N3O2/c8-3-4-1-2-5-6(9-4)12-7(11)10-5/h1-2H,(H,10,11). The Morgan fingerprint density at radius 3 is 3.17 bits per heavy atom. The van der Waals surface area contributed by atoms with Gasteiger partial charge in [-0.15, -0.1) is 0 Å². The van der Waals surface area contributed by atoms with Crippen LogP contribution in [0.4, 0.5) is 0 Å². The molecule has 12 heavy (non-hydrogen) atoms. The lowest BCUT2D eigenvalue weighted by Crippen LogP contribution is -1.92. The predicted octanol–water partition coefficient (Wildman–Crippen LogP) is 0.388.